The number of H-pyrrole nitrogens is 1. The predicted molar refractivity (Wildman–Crippen MR) is 82.0 cm³/mol. The van der Waals surface area contributed by atoms with Gasteiger partial charge in [-0.2, -0.15) is 5.10 Å². The molecule has 0 fully saturated rings. The molecule has 1 heterocycles. The van der Waals surface area contributed by atoms with Crippen molar-refractivity contribution in [3.8, 4) is 5.75 Å². The molecule has 0 saturated carbocycles. The van der Waals surface area contributed by atoms with Crippen molar-refractivity contribution in [2.75, 3.05) is 12.4 Å². The topological polar surface area (TPSA) is 67.0 Å². The molecule has 1 aromatic carbocycles. The van der Waals surface area contributed by atoms with E-state index < -0.39 is 0 Å². The molecule has 1 amide bonds. The van der Waals surface area contributed by atoms with E-state index in [0.717, 1.165) is 9.26 Å². The zero-order valence-electron chi connectivity index (χ0n) is 10.3. The van der Waals surface area contributed by atoms with Crippen LogP contribution in [-0.4, -0.2) is 23.2 Å². The molecule has 0 atom stereocenters. The van der Waals surface area contributed by atoms with E-state index in [1.54, 1.807) is 18.2 Å². The van der Waals surface area contributed by atoms with E-state index >= 15 is 0 Å². The van der Waals surface area contributed by atoms with Crippen LogP contribution in [0.3, 0.4) is 0 Å². The number of anilines is 1. The van der Waals surface area contributed by atoms with Crippen molar-refractivity contribution < 1.29 is 9.53 Å². The zero-order chi connectivity index (χ0) is 14.0. The summed E-state index contributed by atoms with van der Waals surface area (Å²) in [6.45, 7) is 1.85. The molecule has 1 aromatic heterocycles. The third-order valence-corrected chi connectivity index (χ3v) is 3.96. The summed E-state index contributed by atoms with van der Waals surface area (Å²) >= 11 is 8.11. The quantitative estimate of drug-likeness (QED) is 0.790. The number of aromatic amines is 1. The van der Waals surface area contributed by atoms with Crippen molar-refractivity contribution in [3.05, 3.63) is 38.0 Å². The maximum absolute atomic E-state index is 12.2. The van der Waals surface area contributed by atoms with Crippen LogP contribution in [0.2, 0.25) is 5.02 Å². The molecule has 0 saturated heterocycles. The van der Waals surface area contributed by atoms with Gasteiger partial charge in [0.15, 0.2) is 5.82 Å². The maximum Gasteiger partial charge on any atom is 0.260 e. The van der Waals surface area contributed by atoms with Crippen molar-refractivity contribution in [1.82, 2.24) is 10.2 Å². The first-order valence-electron chi connectivity index (χ1n) is 5.37. The van der Waals surface area contributed by atoms with Crippen LogP contribution < -0.4 is 10.1 Å². The molecule has 5 nitrogen and oxygen atoms in total. The number of carbonyl (C=O) groups excluding carboxylic acids is 1. The minimum Gasteiger partial charge on any atom is -0.496 e. The van der Waals surface area contributed by atoms with E-state index in [0.29, 0.717) is 22.2 Å². The van der Waals surface area contributed by atoms with Gasteiger partial charge in [-0.1, -0.05) is 11.6 Å². The number of nitrogens with one attached hydrogen (secondary N) is 2. The van der Waals surface area contributed by atoms with Gasteiger partial charge in [0.25, 0.3) is 5.91 Å². The normalized spacial score (nSPS) is 10.3. The highest BCUT2D eigenvalue weighted by Crippen LogP contribution is 2.28. The summed E-state index contributed by atoms with van der Waals surface area (Å²) in [5, 5.41) is 9.88. The molecule has 0 radical (unpaired) electrons. The average Bonchev–Trinajstić information content (AvgIpc) is 2.77. The van der Waals surface area contributed by atoms with Crippen LogP contribution >= 0.6 is 34.2 Å². The second kappa shape index (κ2) is 5.79. The van der Waals surface area contributed by atoms with Gasteiger partial charge >= 0.3 is 0 Å². The molecular formula is C12H11ClIN3O2. The number of hydrogen-bond acceptors (Lipinski definition) is 3. The Hall–Kier alpha value is -1.28. The Balaban J connectivity index is 2.30. The van der Waals surface area contributed by atoms with E-state index in [-0.39, 0.29) is 5.91 Å². The number of ether oxygens (including phenoxy) is 1. The molecule has 0 unspecified atom stereocenters. The molecule has 0 spiro atoms. The molecule has 2 N–H and O–H groups in total. The molecule has 0 aliphatic heterocycles. The van der Waals surface area contributed by atoms with Crippen molar-refractivity contribution in [2.24, 2.45) is 0 Å². The minimum absolute atomic E-state index is 0.318. The van der Waals surface area contributed by atoms with Crippen molar-refractivity contribution in [2.45, 2.75) is 6.92 Å². The monoisotopic (exact) mass is 391 g/mol. The lowest BCUT2D eigenvalue weighted by Gasteiger charge is -2.09. The summed E-state index contributed by atoms with van der Waals surface area (Å²) in [7, 11) is 1.51. The van der Waals surface area contributed by atoms with Gasteiger partial charge in [0, 0.05) is 15.3 Å². The first kappa shape index (κ1) is 14.1. The van der Waals surface area contributed by atoms with E-state index in [4.69, 9.17) is 16.3 Å². The third-order valence-electron chi connectivity index (χ3n) is 2.43. The zero-order valence-corrected chi connectivity index (χ0v) is 13.2. The number of hydrogen-bond donors (Lipinski definition) is 2. The molecule has 2 rings (SSSR count). The molecule has 100 valence electrons. The Labute approximate surface area is 128 Å². The SMILES string of the molecule is COc1cc(I)c(Cl)cc1C(=O)Nc1cc(C)[nH]n1. The fourth-order valence-corrected chi connectivity index (χ4v) is 2.14. The Morgan fingerprint density at radius 1 is 1.47 bits per heavy atom. The highest BCUT2D eigenvalue weighted by atomic mass is 127. The molecule has 0 bridgehead atoms. The Morgan fingerprint density at radius 2 is 2.21 bits per heavy atom. The first-order valence-corrected chi connectivity index (χ1v) is 6.83. The van der Waals surface area contributed by atoms with Crippen LogP contribution in [-0.2, 0) is 0 Å². The van der Waals surface area contributed by atoms with Gasteiger partial charge in [0.1, 0.15) is 5.75 Å². The highest BCUT2D eigenvalue weighted by Gasteiger charge is 2.16. The Kier molecular flexibility index (Phi) is 4.31. The fraction of sp³-hybridized carbons (Fsp3) is 0.167. The smallest absolute Gasteiger partial charge is 0.260 e. The lowest BCUT2D eigenvalue weighted by atomic mass is 10.2. The van der Waals surface area contributed by atoms with Crippen LogP contribution in [0.5, 0.6) is 5.75 Å². The van der Waals surface area contributed by atoms with Gasteiger partial charge < -0.3 is 10.1 Å². The highest BCUT2D eigenvalue weighted by molar-refractivity contribution is 14.1. The van der Waals surface area contributed by atoms with Crippen LogP contribution in [0.25, 0.3) is 0 Å². The van der Waals surface area contributed by atoms with Crippen molar-refractivity contribution in [1.29, 1.82) is 0 Å². The lowest BCUT2D eigenvalue weighted by molar-refractivity contribution is 0.102. The van der Waals surface area contributed by atoms with Gasteiger partial charge in [0.05, 0.1) is 17.7 Å². The summed E-state index contributed by atoms with van der Waals surface area (Å²) in [4.78, 5) is 12.2. The van der Waals surface area contributed by atoms with E-state index in [1.165, 1.54) is 7.11 Å². The van der Waals surface area contributed by atoms with Gasteiger partial charge in [-0.3, -0.25) is 9.89 Å². The van der Waals surface area contributed by atoms with Gasteiger partial charge in [-0.05, 0) is 41.6 Å². The number of carbonyl (C=O) groups is 1. The second-order valence-corrected chi connectivity index (χ2v) is 5.43. The maximum atomic E-state index is 12.2. The predicted octanol–water partition coefficient (Wildman–Crippen LogP) is 3.24. The van der Waals surface area contributed by atoms with Crippen LogP contribution in [0.1, 0.15) is 16.1 Å². The molecule has 7 heteroatoms. The number of aromatic nitrogens is 2. The number of benzene rings is 1. The average molecular weight is 392 g/mol. The standard InChI is InChI=1S/C12H11ClIN3O2/c1-6-3-11(17-16-6)15-12(18)7-4-8(13)9(14)5-10(7)19-2/h3-5H,1-2H3,(H2,15,16,17,18). The Morgan fingerprint density at radius 3 is 2.79 bits per heavy atom. The van der Waals surface area contributed by atoms with Crippen molar-refractivity contribution >= 4 is 45.9 Å². The number of methoxy groups -OCH3 is 1. The first-order chi connectivity index (χ1) is 9.01. The number of aryl methyl sites for hydroxylation is 1. The number of halogens is 2. The molecule has 2 aromatic rings. The van der Waals surface area contributed by atoms with E-state index in [1.807, 2.05) is 6.92 Å². The number of rotatable bonds is 3. The lowest BCUT2D eigenvalue weighted by Crippen LogP contribution is -2.13. The molecule has 0 aliphatic carbocycles. The van der Waals surface area contributed by atoms with Gasteiger partial charge in [-0.25, -0.2) is 0 Å². The van der Waals surface area contributed by atoms with Crippen LogP contribution in [0.15, 0.2) is 18.2 Å². The fourth-order valence-electron chi connectivity index (χ4n) is 1.54. The summed E-state index contributed by atoms with van der Waals surface area (Å²) in [5.41, 5.74) is 1.23. The second-order valence-electron chi connectivity index (χ2n) is 3.86. The van der Waals surface area contributed by atoms with E-state index in [9.17, 15) is 4.79 Å². The summed E-state index contributed by atoms with van der Waals surface area (Å²) < 4.78 is 6.02. The molecular weight excluding hydrogens is 381 g/mol. The third kappa shape index (κ3) is 3.19. The van der Waals surface area contributed by atoms with Crippen LogP contribution in [0, 0.1) is 10.5 Å². The molecule has 0 aliphatic rings. The minimum atomic E-state index is -0.318. The number of amides is 1. The van der Waals surface area contributed by atoms with Crippen molar-refractivity contribution in [3.63, 3.8) is 0 Å². The number of nitrogens with zero attached hydrogens (tertiary/aromatic N) is 1. The van der Waals surface area contributed by atoms with E-state index in [2.05, 4.69) is 38.1 Å². The van der Waals surface area contributed by atoms with Gasteiger partial charge in [-0.15, -0.1) is 0 Å². The summed E-state index contributed by atoms with van der Waals surface area (Å²) in [6.07, 6.45) is 0. The van der Waals surface area contributed by atoms with Gasteiger partial charge in [0.2, 0.25) is 0 Å². The summed E-state index contributed by atoms with van der Waals surface area (Å²) in [6, 6.07) is 5.03. The largest absolute Gasteiger partial charge is 0.496 e. The Bertz CT molecular complexity index is 627. The van der Waals surface area contributed by atoms with Crippen LogP contribution in [0.4, 0.5) is 5.82 Å². The summed E-state index contributed by atoms with van der Waals surface area (Å²) in [5.74, 6) is 0.611. The molecule has 19 heavy (non-hydrogen) atoms.